The van der Waals surface area contributed by atoms with Gasteiger partial charge < -0.3 is 17.1 Å². The van der Waals surface area contributed by atoms with Crippen molar-refractivity contribution in [2.75, 3.05) is 26.3 Å². The molecule has 1 aromatic carbocycles. The van der Waals surface area contributed by atoms with E-state index in [2.05, 4.69) is 23.1 Å². The second-order valence-corrected chi connectivity index (χ2v) is 3.28. The van der Waals surface area contributed by atoms with Crippen molar-refractivity contribution in [1.29, 1.82) is 0 Å². The zero-order valence-electron chi connectivity index (χ0n) is 8.79. The van der Waals surface area contributed by atoms with Gasteiger partial charge in [0, 0.05) is 19.6 Å². The first kappa shape index (κ1) is 15.2. The van der Waals surface area contributed by atoms with Crippen LogP contribution in [0.1, 0.15) is 5.56 Å². The summed E-state index contributed by atoms with van der Waals surface area (Å²) in [6.07, 6.45) is 0. The normalized spacial score (nSPS) is 16.3. The Morgan fingerprint density at radius 3 is 2.60 bits per heavy atom. The molecule has 2 rings (SSSR count). The molecule has 0 atom stereocenters. The molecule has 2 nitrogen and oxygen atoms in total. The van der Waals surface area contributed by atoms with Gasteiger partial charge in [-0.15, -0.1) is 5.56 Å². The molecule has 0 aliphatic carbocycles. The van der Waals surface area contributed by atoms with E-state index in [0.29, 0.717) is 0 Å². The van der Waals surface area contributed by atoms with Crippen LogP contribution in [0.15, 0.2) is 24.3 Å². The van der Waals surface area contributed by atoms with Gasteiger partial charge in [-0.2, -0.15) is 30.3 Å². The van der Waals surface area contributed by atoms with E-state index in [1.807, 2.05) is 12.1 Å². The molecule has 0 radical (unpaired) electrons. The molecule has 78 valence electrons. The van der Waals surface area contributed by atoms with Gasteiger partial charge in [0.05, 0.1) is 13.2 Å². The van der Waals surface area contributed by atoms with E-state index in [4.69, 9.17) is 4.74 Å². The molecule has 0 bridgehead atoms. The van der Waals surface area contributed by atoms with Crippen molar-refractivity contribution in [2.45, 2.75) is 6.54 Å². The molecule has 15 heavy (non-hydrogen) atoms. The van der Waals surface area contributed by atoms with Crippen LogP contribution in [0.25, 0.3) is 0 Å². The Hall–Kier alpha value is 0.196. The minimum absolute atomic E-state index is 0. The summed E-state index contributed by atoms with van der Waals surface area (Å²) in [4.78, 5) is 2.40. The molecule has 1 fully saturated rings. The minimum Gasteiger partial charge on any atom is -1.00 e. The molecule has 0 aromatic heterocycles. The van der Waals surface area contributed by atoms with E-state index in [-0.39, 0.29) is 35.5 Å². The Morgan fingerprint density at radius 1 is 1.27 bits per heavy atom. The van der Waals surface area contributed by atoms with E-state index >= 15 is 0 Å². The summed E-state index contributed by atoms with van der Waals surface area (Å²) in [6, 6.07) is 11.4. The first-order valence-corrected chi connectivity index (χ1v) is 4.71. The largest absolute Gasteiger partial charge is 2.00 e. The average Bonchev–Trinajstić information content (AvgIpc) is 2.21. The van der Waals surface area contributed by atoms with Crippen molar-refractivity contribution in [1.82, 2.24) is 4.90 Å². The first-order chi connectivity index (χ1) is 6.45. The Morgan fingerprint density at radius 2 is 2.00 bits per heavy atom. The van der Waals surface area contributed by atoms with Crippen LogP contribution in [0.5, 0.6) is 0 Å². The van der Waals surface area contributed by atoms with Crippen LogP contribution in [0.2, 0.25) is 0 Å². The van der Waals surface area contributed by atoms with E-state index in [1.54, 1.807) is 0 Å². The Kier molecular flexibility index (Phi) is 8.47. The summed E-state index contributed by atoms with van der Waals surface area (Å²) in [6.45, 7) is 4.83. The third-order valence-corrected chi connectivity index (χ3v) is 2.27. The third kappa shape index (κ3) is 5.18. The predicted octanol–water partition coefficient (Wildman–Crippen LogP) is -2.06. The molecule has 0 amide bonds. The smallest absolute Gasteiger partial charge is 1.00 e. The van der Waals surface area contributed by atoms with Crippen LogP contribution in [0, 0.1) is 6.07 Å². The fourth-order valence-corrected chi connectivity index (χ4v) is 1.53. The zero-order chi connectivity index (χ0) is 8.93. The molecular weight excluding hydrogens is 222 g/mol. The average molecular weight is 236 g/mol. The molecule has 1 aliphatic rings. The van der Waals surface area contributed by atoms with Crippen molar-refractivity contribution in [2.24, 2.45) is 0 Å². The van der Waals surface area contributed by atoms with E-state index in [9.17, 15) is 0 Å². The van der Waals surface area contributed by atoms with E-state index in [0.717, 1.165) is 32.8 Å². The number of nitrogens with zero attached hydrogens (tertiary/aromatic N) is 1. The van der Waals surface area contributed by atoms with Gasteiger partial charge in [0.1, 0.15) is 0 Å². The number of benzene rings is 1. The number of ether oxygens (including phenoxy) is 1. The van der Waals surface area contributed by atoms with Crippen molar-refractivity contribution in [3.05, 3.63) is 35.9 Å². The van der Waals surface area contributed by atoms with Gasteiger partial charge in [0.25, 0.3) is 0 Å². The van der Waals surface area contributed by atoms with Crippen LogP contribution in [-0.4, -0.2) is 54.3 Å². The number of halogens is 1. The minimum atomic E-state index is 0. The molecule has 0 spiro atoms. The first-order valence-electron chi connectivity index (χ1n) is 4.71. The number of rotatable bonds is 2. The summed E-state index contributed by atoms with van der Waals surface area (Å²) in [5.41, 5.74) is 1.27. The van der Waals surface area contributed by atoms with Crippen LogP contribution in [0.4, 0.5) is 0 Å². The summed E-state index contributed by atoms with van der Waals surface area (Å²) in [5, 5.41) is 0. The SMILES string of the molecule is [Cl-].[Mg+2].[c-]1ccccc1CN1CCOCC1. The Balaban J connectivity index is 0.000000980. The molecule has 1 saturated heterocycles. The van der Waals surface area contributed by atoms with Crippen molar-refractivity contribution in [3.8, 4) is 0 Å². The maximum atomic E-state index is 5.29. The molecule has 1 aromatic rings. The van der Waals surface area contributed by atoms with Crippen LogP contribution < -0.4 is 12.4 Å². The number of hydrogen-bond acceptors (Lipinski definition) is 2. The van der Waals surface area contributed by atoms with Crippen LogP contribution in [-0.2, 0) is 11.3 Å². The molecule has 0 unspecified atom stereocenters. The van der Waals surface area contributed by atoms with Crippen molar-refractivity contribution in [3.63, 3.8) is 0 Å². The van der Waals surface area contributed by atoms with Gasteiger partial charge in [-0.25, -0.2) is 0 Å². The van der Waals surface area contributed by atoms with Crippen LogP contribution in [0.3, 0.4) is 0 Å². The number of hydrogen-bond donors (Lipinski definition) is 0. The standard InChI is InChI=1S/C11H14NO.ClH.Mg/c1-2-4-11(5-3-1)10-12-6-8-13-9-7-12;;/h1-4H,6-10H2;1H;/q-1;;+2/p-1. The van der Waals surface area contributed by atoms with Gasteiger partial charge in [0.15, 0.2) is 0 Å². The topological polar surface area (TPSA) is 12.5 Å². The fraction of sp³-hybridized carbons (Fsp3) is 0.455. The summed E-state index contributed by atoms with van der Waals surface area (Å²) >= 11 is 0. The zero-order valence-corrected chi connectivity index (χ0v) is 11.0. The molecule has 0 N–H and O–H groups in total. The summed E-state index contributed by atoms with van der Waals surface area (Å²) in [5.74, 6) is 0. The van der Waals surface area contributed by atoms with Crippen molar-refractivity contribution >= 4 is 23.1 Å². The fourth-order valence-electron chi connectivity index (χ4n) is 1.53. The molecule has 1 aliphatic heterocycles. The summed E-state index contributed by atoms with van der Waals surface area (Å²) < 4.78 is 5.29. The van der Waals surface area contributed by atoms with Gasteiger partial charge in [-0.05, 0) is 0 Å². The number of morpholine rings is 1. The van der Waals surface area contributed by atoms with Crippen molar-refractivity contribution < 1.29 is 17.1 Å². The van der Waals surface area contributed by atoms with Crippen LogP contribution >= 0.6 is 0 Å². The second-order valence-electron chi connectivity index (χ2n) is 3.28. The van der Waals surface area contributed by atoms with Gasteiger partial charge in [-0.1, -0.05) is 0 Å². The summed E-state index contributed by atoms with van der Waals surface area (Å²) in [7, 11) is 0. The molecule has 1 heterocycles. The van der Waals surface area contributed by atoms with E-state index < -0.39 is 0 Å². The van der Waals surface area contributed by atoms with E-state index in [1.165, 1.54) is 5.56 Å². The predicted molar refractivity (Wildman–Crippen MR) is 57.1 cm³/mol. The monoisotopic (exact) mass is 235 g/mol. The maximum absolute atomic E-state index is 5.29. The molecular formula is C11H14ClMgNO. The van der Waals surface area contributed by atoms with Gasteiger partial charge in [0.2, 0.25) is 0 Å². The third-order valence-electron chi connectivity index (χ3n) is 2.27. The Labute approximate surface area is 114 Å². The molecule has 4 heteroatoms. The Bertz CT molecular complexity index is 252. The molecule has 0 saturated carbocycles. The maximum Gasteiger partial charge on any atom is 2.00 e. The van der Waals surface area contributed by atoms with Gasteiger partial charge in [-0.3, -0.25) is 4.90 Å². The quantitative estimate of drug-likeness (QED) is 0.432. The van der Waals surface area contributed by atoms with Gasteiger partial charge >= 0.3 is 23.1 Å². The second kappa shape index (κ2) is 8.36.